The molecule has 3 N–H and O–H groups in total. The molecule has 3 aromatic rings. The van der Waals surface area contributed by atoms with Gasteiger partial charge >= 0.3 is 6.03 Å². The molecule has 0 aliphatic carbocycles. The number of carbonyl (C=O) groups is 1. The number of anilines is 1. The third kappa shape index (κ3) is 3.38. The van der Waals surface area contributed by atoms with Crippen molar-refractivity contribution < 1.29 is 14.3 Å². The summed E-state index contributed by atoms with van der Waals surface area (Å²) in [7, 11) is 1.91. The third-order valence-electron chi connectivity index (χ3n) is 3.84. The zero-order chi connectivity index (χ0) is 17.1. The zero-order valence-corrected chi connectivity index (χ0v) is 13.2. The topological polar surface area (TPSA) is 66.3 Å². The number of rotatable bonds is 4. The SMILES string of the molecule is Cn1cc(C(O)CNC(=O)Nc2ccc(F)cc2)c2ccccc21. The van der Waals surface area contributed by atoms with Gasteiger partial charge in [-0.05, 0) is 30.3 Å². The van der Waals surface area contributed by atoms with E-state index >= 15 is 0 Å². The number of hydrogen-bond acceptors (Lipinski definition) is 2. The van der Waals surface area contributed by atoms with Crippen molar-refractivity contribution in [2.75, 3.05) is 11.9 Å². The number of aliphatic hydroxyl groups is 1. The molecule has 1 atom stereocenters. The molecule has 0 aliphatic heterocycles. The van der Waals surface area contributed by atoms with Crippen LogP contribution in [0.2, 0.25) is 0 Å². The Morgan fingerprint density at radius 3 is 2.67 bits per heavy atom. The third-order valence-corrected chi connectivity index (χ3v) is 3.84. The number of benzene rings is 2. The highest BCUT2D eigenvalue weighted by molar-refractivity contribution is 5.89. The minimum Gasteiger partial charge on any atom is -0.386 e. The van der Waals surface area contributed by atoms with Gasteiger partial charge in [-0.3, -0.25) is 0 Å². The lowest BCUT2D eigenvalue weighted by Crippen LogP contribution is -2.32. The van der Waals surface area contributed by atoms with Crippen LogP contribution < -0.4 is 10.6 Å². The molecule has 1 aromatic heterocycles. The normalized spacial score (nSPS) is 12.1. The molecular formula is C18H18FN3O2. The Balaban J connectivity index is 1.63. The number of carbonyl (C=O) groups excluding carboxylic acids is 1. The molecule has 6 heteroatoms. The summed E-state index contributed by atoms with van der Waals surface area (Å²) in [4.78, 5) is 11.9. The average molecular weight is 327 g/mol. The molecule has 0 saturated heterocycles. The van der Waals surface area contributed by atoms with Gasteiger partial charge in [-0.2, -0.15) is 0 Å². The van der Waals surface area contributed by atoms with E-state index in [1.54, 1.807) is 0 Å². The molecule has 3 rings (SSSR count). The van der Waals surface area contributed by atoms with Gasteiger partial charge in [-0.25, -0.2) is 9.18 Å². The fourth-order valence-electron chi connectivity index (χ4n) is 2.65. The number of urea groups is 1. The van der Waals surface area contributed by atoms with Gasteiger partial charge in [0.25, 0.3) is 0 Å². The van der Waals surface area contributed by atoms with E-state index in [9.17, 15) is 14.3 Å². The summed E-state index contributed by atoms with van der Waals surface area (Å²) in [5.41, 5.74) is 2.26. The Kier molecular flexibility index (Phi) is 4.48. The van der Waals surface area contributed by atoms with Crippen LogP contribution in [0.25, 0.3) is 10.9 Å². The maximum Gasteiger partial charge on any atom is 0.319 e. The van der Waals surface area contributed by atoms with E-state index in [2.05, 4.69) is 10.6 Å². The maximum absolute atomic E-state index is 12.8. The van der Waals surface area contributed by atoms with Gasteiger partial charge < -0.3 is 20.3 Å². The maximum atomic E-state index is 12.8. The van der Waals surface area contributed by atoms with E-state index in [1.807, 2.05) is 42.1 Å². The second-order valence-electron chi connectivity index (χ2n) is 5.57. The van der Waals surface area contributed by atoms with Gasteiger partial charge in [0.05, 0.1) is 6.10 Å². The molecule has 1 heterocycles. The molecular weight excluding hydrogens is 309 g/mol. The standard InChI is InChI=1S/C18H18FN3O2/c1-22-11-15(14-4-2-3-5-16(14)22)17(23)10-20-18(24)21-13-8-6-12(19)7-9-13/h2-9,11,17,23H,10H2,1H3,(H2,20,21,24). The molecule has 2 aromatic carbocycles. The lowest BCUT2D eigenvalue weighted by atomic mass is 10.1. The number of aromatic nitrogens is 1. The van der Waals surface area contributed by atoms with Gasteiger partial charge in [-0.15, -0.1) is 0 Å². The highest BCUT2D eigenvalue weighted by Gasteiger charge is 2.15. The Labute approximate surface area is 138 Å². The summed E-state index contributed by atoms with van der Waals surface area (Å²) in [6.07, 6.45) is 1.03. The van der Waals surface area contributed by atoms with Crippen LogP contribution in [0.4, 0.5) is 14.9 Å². The fourth-order valence-corrected chi connectivity index (χ4v) is 2.65. The van der Waals surface area contributed by atoms with Crippen LogP contribution in [0.3, 0.4) is 0 Å². The Morgan fingerprint density at radius 1 is 1.21 bits per heavy atom. The number of aryl methyl sites for hydroxylation is 1. The Hall–Kier alpha value is -2.86. The number of aliphatic hydroxyl groups excluding tert-OH is 1. The van der Waals surface area contributed by atoms with E-state index in [0.29, 0.717) is 5.69 Å². The second kappa shape index (κ2) is 6.72. The van der Waals surface area contributed by atoms with Gasteiger partial charge in [0.1, 0.15) is 5.82 Å². The van der Waals surface area contributed by atoms with Crippen molar-refractivity contribution in [2.45, 2.75) is 6.10 Å². The van der Waals surface area contributed by atoms with Crippen LogP contribution >= 0.6 is 0 Å². The summed E-state index contributed by atoms with van der Waals surface area (Å²) in [5.74, 6) is -0.368. The predicted octanol–water partition coefficient (Wildman–Crippen LogP) is 3.17. The average Bonchev–Trinajstić information content (AvgIpc) is 2.92. The lowest BCUT2D eigenvalue weighted by molar-refractivity contribution is 0.176. The van der Waals surface area contributed by atoms with Crippen LogP contribution in [-0.2, 0) is 7.05 Å². The highest BCUT2D eigenvalue weighted by Crippen LogP contribution is 2.25. The minimum absolute atomic E-state index is 0.0705. The van der Waals surface area contributed by atoms with Crippen molar-refractivity contribution in [1.82, 2.24) is 9.88 Å². The number of halogens is 1. The van der Waals surface area contributed by atoms with Crippen molar-refractivity contribution in [3.05, 3.63) is 66.1 Å². The number of nitrogens with zero attached hydrogens (tertiary/aromatic N) is 1. The smallest absolute Gasteiger partial charge is 0.319 e. The first kappa shape index (κ1) is 16.0. The van der Waals surface area contributed by atoms with Crippen molar-refractivity contribution in [1.29, 1.82) is 0 Å². The Morgan fingerprint density at radius 2 is 1.92 bits per heavy atom. The number of para-hydroxylation sites is 1. The fraction of sp³-hybridized carbons (Fsp3) is 0.167. The van der Waals surface area contributed by atoms with Gasteiger partial charge in [0.15, 0.2) is 0 Å². The van der Waals surface area contributed by atoms with E-state index in [-0.39, 0.29) is 12.4 Å². The number of nitrogens with one attached hydrogen (secondary N) is 2. The molecule has 5 nitrogen and oxygen atoms in total. The summed E-state index contributed by atoms with van der Waals surface area (Å²) >= 11 is 0. The van der Waals surface area contributed by atoms with Gasteiger partial charge in [-0.1, -0.05) is 18.2 Å². The molecule has 0 bridgehead atoms. The molecule has 124 valence electrons. The summed E-state index contributed by atoms with van der Waals surface area (Å²) in [5, 5.41) is 16.5. The van der Waals surface area contributed by atoms with Crippen LogP contribution in [0.1, 0.15) is 11.7 Å². The van der Waals surface area contributed by atoms with Crippen molar-refractivity contribution in [3.63, 3.8) is 0 Å². The minimum atomic E-state index is -0.824. The molecule has 0 spiro atoms. The first-order chi connectivity index (χ1) is 11.5. The number of hydrogen-bond donors (Lipinski definition) is 3. The monoisotopic (exact) mass is 327 g/mol. The molecule has 0 aliphatic rings. The summed E-state index contributed by atoms with van der Waals surface area (Å²) in [6, 6.07) is 12.8. The number of fused-ring (bicyclic) bond motifs is 1. The molecule has 2 amide bonds. The van der Waals surface area contributed by atoms with Gasteiger partial charge in [0, 0.05) is 41.9 Å². The van der Waals surface area contributed by atoms with Crippen LogP contribution in [0.15, 0.2) is 54.7 Å². The van der Waals surface area contributed by atoms with Crippen molar-refractivity contribution >= 4 is 22.6 Å². The van der Waals surface area contributed by atoms with Crippen LogP contribution in [0.5, 0.6) is 0 Å². The molecule has 0 radical (unpaired) electrons. The summed E-state index contributed by atoms with van der Waals surface area (Å²) < 4.78 is 14.8. The summed E-state index contributed by atoms with van der Waals surface area (Å²) in [6.45, 7) is 0.0705. The molecule has 0 fully saturated rings. The van der Waals surface area contributed by atoms with E-state index in [0.717, 1.165) is 16.5 Å². The Bertz CT molecular complexity index is 858. The number of amides is 2. The molecule has 1 unspecified atom stereocenters. The largest absolute Gasteiger partial charge is 0.386 e. The molecule has 24 heavy (non-hydrogen) atoms. The lowest BCUT2D eigenvalue weighted by Gasteiger charge is -2.12. The first-order valence-electron chi connectivity index (χ1n) is 7.57. The first-order valence-corrected chi connectivity index (χ1v) is 7.57. The quantitative estimate of drug-likeness (QED) is 0.689. The van der Waals surface area contributed by atoms with Crippen LogP contribution in [0, 0.1) is 5.82 Å². The zero-order valence-electron chi connectivity index (χ0n) is 13.2. The second-order valence-corrected chi connectivity index (χ2v) is 5.57. The van der Waals surface area contributed by atoms with Crippen molar-refractivity contribution in [2.24, 2.45) is 7.05 Å². The van der Waals surface area contributed by atoms with Crippen molar-refractivity contribution in [3.8, 4) is 0 Å². The van der Waals surface area contributed by atoms with E-state index < -0.39 is 12.1 Å². The predicted molar refractivity (Wildman–Crippen MR) is 91.3 cm³/mol. The van der Waals surface area contributed by atoms with E-state index in [4.69, 9.17) is 0 Å². The van der Waals surface area contributed by atoms with Gasteiger partial charge in [0.2, 0.25) is 0 Å². The highest BCUT2D eigenvalue weighted by atomic mass is 19.1. The van der Waals surface area contributed by atoms with E-state index in [1.165, 1.54) is 24.3 Å². The van der Waals surface area contributed by atoms with Crippen LogP contribution in [-0.4, -0.2) is 22.2 Å². The molecule has 0 saturated carbocycles.